The maximum absolute atomic E-state index is 12.5. The van der Waals surface area contributed by atoms with E-state index in [1.54, 1.807) is 94.2 Å². The average Bonchev–Trinajstić information content (AvgIpc) is 1.97. The van der Waals surface area contributed by atoms with Crippen LogP contribution in [0.15, 0.2) is 193 Å². The number of anilines is 1. The molecule has 2 amide bonds. The number of aliphatic hydroxyl groups excluding tert-OH is 1. The lowest BCUT2D eigenvalue weighted by molar-refractivity contribution is -0.117. The highest BCUT2D eigenvalue weighted by atomic mass is 79.9. The van der Waals surface area contributed by atoms with Gasteiger partial charge in [-0.15, -0.1) is 0 Å². The number of hydrogen-bond acceptors (Lipinski definition) is 13. The van der Waals surface area contributed by atoms with E-state index >= 15 is 0 Å². The maximum atomic E-state index is 12.5. The van der Waals surface area contributed by atoms with Gasteiger partial charge < -0.3 is 44.8 Å². The van der Waals surface area contributed by atoms with Crippen molar-refractivity contribution in [1.82, 2.24) is 15.3 Å². The number of aliphatic hydroxyl groups is 1. The van der Waals surface area contributed by atoms with Gasteiger partial charge in [-0.05, 0) is 169 Å². The fourth-order valence-electron chi connectivity index (χ4n) is 8.62. The van der Waals surface area contributed by atoms with Gasteiger partial charge in [0.05, 0.1) is 61.3 Å². The van der Waals surface area contributed by atoms with Crippen molar-refractivity contribution in [3.8, 4) is 47.0 Å². The predicted octanol–water partition coefficient (Wildman–Crippen LogP) is 16.9. The molecule has 1 aromatic heterocycles. The molecule has 472 valence electrons. The number of aromatic hydroxyl groups is 1. The number of methoxy groups -OCH3 is 3. The Kier molecular flexibility index (Phi) is 28.2. The van der Waals surface area contributed by atoms with Crippen molar-refractivity contribution in [2.75, 3.05) is 33.3 Å². The first-order valence-electron chi connectivity index (χ1n) is 28.4. The van der Waals surface area contributed by atoms with Crippen LogP contribution in [0.3, 0.4) is 0 Å². The van der Waals surface area contributed by atoms with E-state index in [1.165, 1.54) is 12.2 Å². The molecule has 0 bridgehead atoms. The number of aromatic nitrogens is 2. The number of carbonyl (C=O) groups is 3. The first kappa shape index (κ1) is 72.2. The molecule has 0 aliphatic rings. The summed E-state index contributed by atoms with van der Waals surface area (Å²) in [6.45, 7) is 8.26. The van der Waals surface area contributed by atoms with Crippen molar-refractivity contribution < 1.29 is 43.5 Å². The van der Waals surface area contributed by atoms with Crippen molar-refractivity contribution in [3.63, 3.8) is 0 Å². The highest BCUT2D eigenvalue weighted by Gasteiger charge is 2.16. The topological polar surface area (TPSA) is 253 Å². The number of rotatable bonds is 18. The van der Waals surface area contributed by atoms with Gasteiger partial charge >= 0.3 is 0 Å². The number of fused-ring (bicyclic) bond motifs is 1. The molecule has 0 aliphatic carbocycles. The number of ether oxygens (including phenoxy) is 4. The highest BCUT2D eigenvalue weighted by molar-refractivity contribution is 9.11. The predicted molar refractivity (Wildman–Crippen MR) is 379 cm³/mol. The molecule has 9 rings (SSSR count). The van der Waals surface area contributed by atoms with Crippen LogP contribution in [0.4, 0.5) is 5.69 Å². The van der Waals surface area contributed by atoms with Crippen LogP contribution >= 0.6 is 63.7 Å². The molecule has 0 atom stereocenters. The summed E-state index contributed by atoms with van der Waals surface area (Å²) in [4.78, 5) is 44.3. The van der Waals surface area contributed by atoms with Gasteiger partial charge in [-0.25, -0.2) is 4.98 Å². The first-order chi connectivity index (χ1) is 44.8. The van der Waals surface area contributed by atoms with Gasteiger partial charge in [-0.2, -0.15) is 15.8 Å². The zero-order valence-electron chi connectivity index (χ0n) is 51.6. The zero-order valence-corrected chi connectivity index (χ0v) is 57.9. The van der Waals surface area contributed by atoms with E-state index in [1.807, 2.05) is 143 Å². The summed E-state index contributed by atoms with van der Waals surface area (Å²) in [6, 6.07) is 53.8. The SMILES string of the molecule is CCOc1ccccc1NC(=O)/C(C#N)=C/c1cc(Br)c(C)c(OC)c1.COc1cc(/C=C(\C#N)C(=O)NCc2ccccc2)cc(Br)c1C.COc1cc(/C=C(\C#N)c2nc3ccccc3[nH]2)cc(Br)c1C.O=C(/C=C/c1cc(Br)c(O)c(CO)c1)c1ccccc1. The van der Waals surface area contributed by atoms with Crippen LogP contribution in [0, 0.1) is 54.8 Å². The maximum Gasteiger partial charge on any atom is 0.266 e. The zero-order chi connectivity index (χ0) is 67.6. The third-order valence-corrected chi connectivity index (χ3v) is 16.7. The summed E-state index contributed by atoms with van der Waals surface area (Å²) in [7, 11) is 4.79. The Morgan fingerprint density at radius 3 is 1.60 bits per heavy atom. The van der Waals surface area contributed by atoms with Gasteiger partial charge in [0.2, 0.25) is 0 Å². The Balaban J connectivity index is 0.000000197. The van der Waals surface area contributed by atoms with E-state index in [0.717, 1.165) is 69.1 Å². The number of para-hydroxylation sites is 4. The Hall–Kier alpha value is -9.85. The van der Waals surface area contributed by atoms with Crippen LogP contribution in [-0.4, -0.2) is 65.7 Å². The summed E-state index contributed by atoms with van der Waals surface area (Å²) < 4.78 is 24.6. The Morgan fingerprint density at radius 1 is 0.591 bits per heavy atom. The minimum absolute atomic E-state index is 0.0130. The normalized spacial score (nSPS) is 11.0. The van der Waals surface area contributed by atoms with Crippen LogP contribution in [0.5, 0.6) is 28.7 Å². The summed E-state index contributed by atoms with van der Waals surface area (Å²) in [5, 5.41) is 52.5. The highest BCUT2D eigenvalue weighted by Crippen LogP contribution is 2.34. The lowest BCUT2D eigenvalue weighted by Gasteiger charge is -2.11. The molecular formula is C73H63Br4N7O9. The molecule has 20 heteroatoms. The third kappa shape index (κ3) is 20.8. The van der Waals surface area contributed by atoms with E-state index in [9.17, 15) is 35.3 Å². The number of ketones is 1. The molecular weight excluding hydrogens is 1440 g/mol. The van der Waals surface area contributed by atoms with E-state index < -0.39 is 11.8 Å². The minimum atomic E-state index is -0.504. The summed E-state index contributed by atoms with van der Waals surface area (Å²) in [5.74, 6) is 2.26. The van der Waals surface area contributed by atoms with Gasteiger partial charge in [0.15, 0.2) is 5.78 Å². The smallest absolute Gasteiger partial charge is 0.266 e. The molecule has 16 nitrogen and oxygen atoms in total. The van der Waals surface area contributed by atoms with Crippen molar-refractivity contribution in [2.24, 2.45) is 0 Å². The number of imidazole rings is 1. The van der Waals surface area contributed by atoms with Gasteiger partial charge in [-0.3, -0.25) is 14.4 Å². The molecule has 93 heavy (non-hydrogen) atoms. The Labute approximate surface area is 573 Å². The third-order valence-electron chi connectivity index (χ3n) is 13.6. The van der Waals surface area contributed by atoms with Crippen molar-refractivity contribution in [1.29, 1.82) is 15.8 Å². The standard InChI is InChI=1S/C20H19BrN2O3.C19H17BrN2O2.C18H14BrN3O.C16H13BrO3/c1-4-26-18-8-6-5-7-17(18)23-20(24)15(12-22)9-14-10-16(21)13(2)19(11-14)25-3;1-13-17(20)9-15(10-18(13)24-2)8-16(11-21)19(23)22-12-14-6-4-3-5-7-14;1-11-14(19)8-12(9-17(11)23-2)7-13(10-20)18-21-15-5-3-4-6-16(15)22-18;17-14-9-11(8-13(10-18)16(14)20)6-7-15(19)12-4-2-1-3-5-12/h5-11H,4H2,1-3H3,(H,23,24);3-10H,12H2,1-2H3,(H,22,23);3-9H,1-2H3,(H,21,22);1-9,18,20H,10H2/b15-9+;16-8+;13-7+;7-6+. The van der Waals surface area contributed by atoms with Gasteiger partial charge in [-0.1, -0.05) is 139 Å². The van der Waals surface area contributed by atoms with Crippen LogP contribution in [-0.2, 0) is 22.7 Å². The van der Waals surface area contributed by atoms with Crippen LogP contribution < -0.4 is 29.6 Å². The molecule has 5 N–H and O–H groups in total. The number of nitrogens with zero attached hydrogens (tertiary/aromatic N) is 4. The quantitative estimate of drug-likeness (QED) is 0.0305. The molecule has 0 unspecified atom stereocenters. The summed E-state index contributed by atoms with van der Waals surface area (Å²) >= 11 is 13.6. The average molecular weight is 1500 g/mol. The number of nitriles is 3. The second-order valence-electron chi connectivity index (χ2n) is 19.9. The molecule has 1 heterocycles. The number of carbonyl (C=O) groups excluding carboxylic acids is 3. The van der Waals surface area contributed by atoms with Gasteiger partial charge in [0, 0.05) is 47.8 Å². The molecule has 8 aromatic carbocycles. The second kappa shape index (κ2) is 36.3. The lowest BCUT2D eigenvalue weighted by Crippen LogP contribution is -2.23. The van der Waals surface area contributed by atoms with Crippen LogP contribution in [0.1, 0.15) is 73.2 Å². The summed E-state index contributed by atoms with van der Waals surface area (Å²) in [6.07, 6.45) is 7.98. The van der Waals surface area contributed by atoms with E-state index in [4.69, 9.17) is 24.1 Å². The number of nitrogens with one attached hydrogen (secondary N) is 3. The van der Waals surface area contributed by atoms with Crippen molar-refractivity contribution in [3.05, 3.63) is 254 Å². The number of aromatic amines is 1. The molecule has 0 aliphatic heterocycles. The van der Waals surface area contributed by atoms with E-state index in [-0.39, 0.29) is 29.3 Å². The fraction of sp³-hybridized carbons (Fsp3) is 0.137. The number of hydrogen-bond donors (Lipinski definition) is 5. The molecule has 0 spiro atoms. The number of phenols is 1. The lowest BCUT2D eigenvalue weighted by atomic mass is 10.1. The number of benzene rings is 8. The van der Waals surface area contributed by atoms with Crippen molar-refractivity contribution >= 4 is 128 Å². The largest absolute Gasteiger partial charge is 0.506 e. The molecule has 0 fully saturated rings. The minimum Gasteiger partial charge on any atom is -0.506 e. The summed E-state index contributed by atoms with van der Waals surface area (Å²) in [5.41, 5.74) is 10.7. The first-order valence-corrected chi connectivity index (χ1v) is 31.5. The Bertz CT molecular complexity index is 4380. The monoisotopic (exact) mass is 1500 g/mol. The van der Waals surface area contributed by atoms with E-state index in [0.29, 0.717) is 68.6 Å². The van der Waals surface area contributed by atoms with Crippen LogP contribution in [0.2, 0.25) is 0 Å². The van der Waals surface area contributed by atoms with Gasteiger partial charge in [0.25, 0.3) is 11.8 Å². The van der Waals surface area contributed by atoms with Crippen molar-refractivity contribution in [2.45, 2.75) is 40.8 Å². The molecule has 0 saturated carbocycles. The Morgan fingerprint density at radius 2 is 1.09 bits per heavy atom. The molecule has 9 aromatic rings. The van der Waals surface area contributed by atoms with Crippen LogP contribution in [0.25, 0.3) is 40.9 Å². The van der Waals surface area contributed by atoms with Gasteiger partial charge in [0.1, 0.15) is 63.9 Å². The number of H-pyrrole nitrogens is 1. The second-order valence-corrected chi connectivity index (χ2v) is 23.3. The van der Waals surface area contributed by atoms with E-state index in [2.05, 4.69) is 90.4 Å². The molecule has 0 saturated heterocycles. The number of allylic oxidation sites excluding steroid dienone is 2. The number of amides is 2. The molecule has 0 radical (unpaired) electrons. The number of halogens is 4. The fourth-order valence-corrected chi connectivity index (χ4v) is 10.5.